The van der Waals surface area contributed by atoms with E-state index in [4.69, 9.17) is 11.6 Å². The number of hydrogen-bond donors (Lipinski definition) is 1. The molecule has 1 aliphatic heterocycles. The van der Waals surface area contributed by atoms with E-state index < -0.39 is 0 Å². The maximum Gasteiger partial charge on any atom is 0.0642 e. The van der Waals surface area contributed by atoms with E-state index in [2.05, 4.69) is 43.1 Å². The Morgan fingerprint density at radius 3 is 2.55 bits per heavy atom. The van der Waals surface area contributed by atoms with Crippen LogP contribution >= 0.6 is 11.6 Å². The molecule has 0 radical (unpaired) electrons. The van der Waals surface area contributed by atoms with Gasteiger partial charge in [-0.2, -0.15) is 0 Å². The summed E-state index contributed by atoms with van der Waals surface area (Å²) in [5, 5.41) is 4.30. The Morgan fingerprint density at radius 2 is 1.95 bits per heavy atom. The molecule has 0 spiro atoms. The molecule has 3 heteroatoms. The van der Waals surface area contributed by atoms with E-state index in [1.807, 2.05) is 6.07 Å². The Balaban J connectivity index is 2.16. The van der Waals surface area contributed by atoms with Crippen LogP contribution in [-0.4, -0.2) is 19.6 Å². The summed E-state index contributed by atoms with van der Waals surface area (Å²) < 4.78 is 0. The summed E-state index contributed by atoms with van der Waals surface area (Å²) in [5.74, 6) is 0. The van der Waals surface area contributed by atoms with Gasteiger partial charge in [-0.3, -0.25) is 0 Å². The summed E-state index contributed by atoms with van der Waals surface area (Å²) >= 11 is 6.48. The third-order valence-electron chi connectivity index (χ3n) is 4.78. The van der Waals surface area contributed by atoms with E-state index in [-0.39, 0.29) is 0 Å². The highest BCUT2D eigenvalue weighted by molar-refractivity contribution is 6.33. The minimum atomic E-state index is 0.513. The molecule has 1 N–H and O–H groups in total. The van der Waals surface area contributed by atoms with Crippen molar-refractivity contribution in [3.05, 3.63) is 28.8 Å². The zero-order valence-corrected chi connectivity index (χ0v) is 13.8. The first-order valence-corrected chi connectivity index (χ1v) is 8.20. The van der Waals surface area contributed by atoms with E-state index in [9.17, 15) is 0 Å². The minimum Gasteiger partial charge on any atom is -0.370 e. The first-order valence-electron chi connectivity index (χ1n) is 7.82. The Kier molecular flexibility index (Phi) is 5.34. The number of nitrogens with zero attached hydrogens (tertiary/aromatic N) is 1. The van der Waals surface area contributed by atoms with Gasteiger partial charge in [0.15, 0.2) is 0 Å². The maximum atomic E-state index is 6.48. The van der Waals surface area contributed by atoms with Crippen LogP contribution in [0.5, 0.6) is 0 Å². The van der Waals surface area contributed by atoms with Gasteiger partial charge in [-0.1, -0.05) is 50.9 Å². The molecule has 1 aliphatic rings. The molecule has 20 heavy (non-hydrogen) atoms. The molecule has 0 bridgehead atoms. The highest BCUT2D eigenvalue weighted by Crippen LogP contribution is 2.38. The Morgan fingerprint density at radius 1 is 1.25 bits per heavy atom. The van der Waals surface area contributed by atoms with Crippen LogP contribution in [0.3, 0.4) is 0 Å². The van der Waals surface area contributed by atoms with Crippen molar-refractivity contribution in [2.75, 3.05) is 24.5 Å². The predicted molar refractivity (Wildman–Crippen MR) is 88.7 cm³/mol. The fraction of sp³-hybridized carbons (Fsp3) is 0.647. The summed E-state index contributed by atoms with van der Waals surface area (Å²) in [4.78, 5) is 2.48. The molecule has 1 saturated heterocycles. The van der Waals surface area contributed by atoms with Gasteiger partial charge in [-0.25, -0.2) is 0 Å². The molecule has 112 valence electrons. The van der Waals surface area contributed by atoms with Crippen molar-refractivity contribution >= 4 is 17.3 Å². The van der Waals surface area contributed by atoms with E-state index >= 15 is 0 Å². The van der Waals surface area contributed by atoms with Gasteiger partial charge in [-0.05, 0) is 36.4 Å². The molecule has 2 nitrogen and oxygen atoms in total. The number of piperidine rings is 1. The van der Waals surface area contributed by atoms with Crippen LogP contribution in [-0.2, 0) is 6.54 Å². The van der Waals surface area contributed by atoms with Crippen molar-refractivity contribution in [3.8, 4) is 0 Å². The lowest BCUT2D eigenvalue weighted by molar-refractivity contribution is 0.238. The SMILES string of the molecule is CCNCc1cccc(Cl)c1N1CCC(C)(CC)CC1. The van der Waals surface area contributed by atoms with Crippen LogP contribution in [0.4, 0.5) is 5.69 Å². The molecular formula is C17H27ClN2. The molecule has 0 unspecified atom stereocenters. The van der Waals surface area contributed by atoms with Gasteiger partial charge < -0.3 is 10.2 Å². The zero-order valence-electron chi connectivity index (χ0n) is 13.0. The lowest BCUT2D eigenvalue weighted by Crippen LogP contribution is -2.39. The molecule has 1 heterocycles. The van der Waals surface area contributed by atoms with Gasteiger partial charge in [0, 0.05) is 19.6 Å². The number of anilines is 1. The second-order valence-electron chi connectivity index (χ2n) is 6.18. The third kappa shape index (κ3) is 3.48. The lowest BCUT2D eigenvalue weighted by Gasteiger charge is -2.41. The van der Waals surface area contributed by atoms with Crippen molar-refractivity contribution in [3.63, 3.8) is 0 Å². The van der Waals surface area contributed by atoms with Gasteiger partial charge in [-0.15, -0.1) is 0 Å². The molecule has 1 aromatic carbocycles. The largest absolute Gasteiger partial charge is 0.370 e. The maximum absolute atomic E-state index is 6.48. The van der Waals surface area contributed by atoms with Crippen molar-refractivity contribution < 1.29 is 0 Å². The zero-order chi connectivity index (χ0) is 14.6. The molecule has 2 rings (SSSR count). The van der Waals surface area contributed by atoms with Crippen LogP contribution < -0.4 is 10.2 Å². The molecule has 1 aromatic rings. The van der Waals surface area contributed by atoms with Crippen LogP contribution in [0.1, 0.15) is 45.6 Å². The normalized spacial score (nSPS) is 18.3. The van der Waals surface area contributed by atoms with E-state index in [1.54, 1.807) is 0 Å². The second kappa shape index (κ2) is 6.82. The van der Waals surface area contributed by atoms with Gasteiger partial charge in [0.2, 0.25) is 0 Å². The fourth-order valence-electron chi connectivity index (χ4n) is 2.94. The smallest absolute Gasteiger partial charge is 0.0642 e. The number of hydrogen-bond acceptors (Lipinski definition) is 2. The van der Waals surface area contributed by atoms with Crippen molar-refractivity contribution in [1.82, 2.24) is 5.32 Å². The monoisotopic (exact) mass is 294 g/mol. The van der Waals surface area contributed by atoms with Gasteiger partial charge in [0.25, 0.3) is 0 Å². The summed E-state index contributed by atoms with van der Waals surface area (Å²) in [6.45, 7) is 11.0. The molecule has 0 saturated carbocycles. The summed E-state index contributed by atoms with van der Waals surface area (Å²) in [7, 11) is 0. The summed E-state index contributed by atoms with van der Waals surface area (Å²) in [6.07, 6.45) is 3.79. The standard InChI is InChI=1S/C17H27ClN2/c1-4-17(3)9-11-20(12-10-17)16-14(13-19-5-2)7-6-8-15(16)18/h6-8,19H,4-5,9-13H2,1-3H3. The summed E-state index contributed by atoms with van der Waals surface area (Å²) in [6, 6.07) is 6.26. The Labute approximate surface area is 128 Å². The Hall–Kier alpha value is -0.730. The van der Waals surface area contributed by atoms with Gasteiger partial charge in [0.05, 0.1) is 10.7 Å². The average Bonchev–Trinajstić information content (AvgIpc) is 2.46. The van der Waals surface area contributed by atoms with E-state index in [1.165, 1.54) is 30.5 Å². The van der Waals surface area contributed by atoms with E-state index in [0.29, 0.717) is 5.41 Å². The number of rotatable bonds is 5. The number of halogens is 1. The first-order chi connectivity index (χ1) is 9.59. The Bertz CT molecular complexity index is 437. The summed E-state index contributed by atoms with van der Waals surface area (Å²) in [5.41, 5.74) is 3.08. The molecule has 0 aliphatic carbocycles. The molecular weight excluding hydrogens is 268 g/mol. The highest BCUT2D eigenvalue weighted by Gasteiger charge is 2.29. The number of benzene rings is 1. The van der Waals surface area contributed by atoms with E-state index in [0.717, 1.165) is 31.2 Å². The quantitative estimate of drug-likeness (QED) is 0.862. The highest BCUT2D eigenvalue weighted by atomic mass is 35.5. The first kappa shape index (κ1) is 15.7. The molecule has 0 atom stereocenters. The van der Waals surface area contributed by atoms with Crippen LogP contribution in [0.15, 0.2) is 18.2 Å². The molecule has 1 fully saturated rings. The van der Waals surface area contributed by atoms with Gasteiger partial charge in [0.1, 0.15) is 0 Å². The number of nitrogens with one attached hydrogen (secondary N) is 1. The molecule has 0 aromatic heterocycles. The fourth-order valence-corrected chi connectivity index (χ4v) is 3.25. The van der Waals surface area contributed by atoms with Crippen LogP contribution in [0.2, 0.25) is 5.02 Å². The van der Waals surface area contributed by atoms with Crippen molar-refractivity contribution in [1.29, 1.82) is 0 Å². The number of para-hydroxylation sites is 1. The van der Waals surface area contributed by atoms with Crippen LogP contribution in [0, 0.1) is 5.41 Å². The van der Waals surface area contributed by atoms with Crippen molar-refractivity contribution in [2.24, 2.45) is 5.41 Å². The lowest BCUT2D eigenvalue weighted by atomic mass is 9.78. The average molecular weight is 295 g/mol. The molecule has 0 amide bonds. The van der Waals surface area contributed by atoms with Gasteiger partial charge >= 0.3 is 0 Å². The van der Waals surface area contributed by atoms with Crippen molar-refractivity contribution in [2.45, 2.75) is 46.6 Å². The topological polar surface area (TPSA) is 15.3 Å². The second-order valence-corrected chi connectivity index (χ2v) is 6.59. The predicted octanol–water partition coefficient (Wildman–Crippen LogP) is 4.47. The van der Waals surface area contributed by atoms with Crippen LogP contribution in [0.25, 0.3) is 0 Å². The third-order valence-corrected chi connectivity index (χ3v) is 5.08. The minimum absolute atomic E-state index is 0.513.